The number of hydrogen-bond acceptors (Lipinski definition) is 4. The van der Waals surface area contributed by atoms with Crippen molar-refractivity contribution in [3.05, 3.63) is 58.8 Å². The molecule has 1 fully saturated rings. The van der Waals surface area contributed by atoms with Crippen molar-refractivity contribution in [3.8, 4) is 5.69 Å². The molecule has 0 unspecified atom stereocenters. The second kappa shape index (κ2) is 6.64. The molecule has 3 aromatic rings. The fourth-order valence-electron chi connectivity index (χ4n) is 3.39. The van der Waals surface area contributed by atoms with Crippen LogP contribution in [0.1, 0.15) is 12.0 Å². The highest BCUT2D eigenvalue weighted by atomic mass is 16.1. The predicted octanol–water partition coefficient (Wildman–Crippen LogP) is 0.562. The van der Waals surface area contributed by atoms with Crippen LogP contribution in [0.3, 0.4) is 0 Å². The van der Waals surface area contributed by atoms with Gasteiger partial charge in [0.05, 0.1) is 11.7 Å². The van der Waals surface area contributed by atoms with Crippen LogP contribution in [-0.2, 0) is 6.54 Å². The number of likely N-dealkylation sites (tertiary alicyclic amines) is 1. The maximum Gasteiger partial charge on any atom is 0.354 e. The van der Waals surface area contributed by atoms with Gasteiger partial charge in [-0.3, -0.25) is 9.47 Å². The molecular weight excluding hydrogens is 330 g/mol. The van der Waals surface area contributed by atoms with Gasteiger partial charge in [-0.05, 0) is 30.2 Å². The molecule has 26 heavy (non-hydrogen) atoms. The van der Waals surface area contributed by atoms with E-state index in [1.165, 1.54) is 5.56 Å². The van der Waals surface area contributed by atoms with E-state index in [9.17, 15) is 4.79 Å². The van der Waals surface area contributed by atoms with E-state index >= 15 is 0 Å². The van der Waals surface area contributed by atoms with E-state index in [0.717, 1.165) is 37.1 Å². The Morgan fingerprint density at radius 1 is 1.27 bits per heavy atom. The summed E-state index contributed by atoms with van der Waals surface area (Å²) < 4.78 is 1.56. The molecule has 0 aliphatic carbocycles. The summed E-state index contributed by atoms with van der Waals surface area (Å²) in [6, 6.07) is 10.0. The third-order valence-electron chi connectivity index (χ3n) is 4.64. The van der Waals surface area contributed by atoms with Crippen LogP contribution in [0.4, 0.5) is 0 Å². The molecule has 0 bridgehead atoms. The third kappa shape index (κ3) is 3.31. The average Bonchev–Trinajstić information content (AvgIpc) is 3.23. The maximum atomic E-state index is 12.2. The Kier molecular flexibility index (Phi) is 4.18. The van der Waals surface area contributed by atoms with E-state index in [-0.39, 0.29) is 17.7 Å². The molecule has 1 aromatic carbocycles. The molecule has 5 N–H and O–H groups in total. The van der Waals surface area contributed by atoms with Crippen molar-refractivity contribution in [1.29, 1.82) is 0 Å². The van der Waals surface area contributed by atoms with Gasteiger partial charge >= 0.3 is 5.69 Å². The first-order valence-electron chi connectivity index (χ1n) is 8.56. The van der Waals surface area contributed by atoms with Crippen molar-refractivity contribution in [2.24, 2.45) is 16.5 Å². The number of nitrogens with two attached hydrogens (primary N) is 2. The molecule has 134 valence electrons. The Bertz CT molecular complexity index is 998. The van der Waals surface area contributed by atoms with Gasteiger partial charge in [-0.25, -0.2) is 9.79 Å². The molecule has 0 amide bonds. The van der Waals surface area contributed by atoms with E-state index in [1.54, 1.807) is 17.0 Å². The maximum absolute atomic E-state index is 12.2. The lowest BCUT2D eigenvalue weighted by molar-refractivity contribution is 0.327. The Morgan fingerprint density at radius 3 is 2.85 bits per heavy atom. The van der Waals surface area contributed by atoms with Crippen molar-refractivity contribution in [3.63, 3.8) is 0 Å². The minimum Gasteiger partial charge on any atom is -0.370 e. The summed E-state index contributed by atoms with van der Waals surface area (Å²) in [5.41, 5.74) is 13.2. The van der Waals surface area contributed by atoms with Crippen LogP contribution in [0, 0.1) is 0 Å². The number of H-pyrrole nitrogens is 1. The summed E-state index contributed by atoms with van der Waals surface area (Å²) in [6.07, 6.45) is 4.54. The summed E-state index contributed by atoms with van der Waals surface area (Å²) in [5.74, 6) is 0.152. The van der Waals surface area contributed by atoms with E-state index in [2.05, 4.69) is 19.9 Å². The Balaban J connectivity index is 1.49. The quantitative estimate of drug-likeness (QED) is 0.469. The minimum atomic E-state index is -0.299. The predicted molar refractivity (Wildman–Crippen MR) is 101 cm³/mol. The summed E-state index contributed by atoms with van der Waals surface area (Å²) in [7, 11) is 0. The van der Waals surface area contributed by atoms with Gasteiger partial charge in [0.25, 0.3) is 0 Å². The van der Waals surface area contributed by atoms with Gasteiger partial charge in [-0.15, -0.1) is 0 Å². The van der Waals surface area contributed by atoms with Crippen molar-refractivity contribution in [2.75, 3.05) is 13.1 Å². The molecule has 8 nitrogen and oxygen atoms in total. The molecule has 1 aliphatic rings. The van der Waals surface area contributed by atoms with Crippen LogP contribution in [0.2, 0.25) is 0 Å². The van der Waals surface area contributed by atoms with Crippen LogP contribution in [0.5, 0.6) is 0 Å². The monoisotopic (exact) mass is 351 g/mol. The molecule has 0 saturated carbocycles. The molecule has 0 radical (unpaired) electrons. The van der Waals surface area contributed by atoms with E-state index < -0.39 is 0 Å². The van der Waals surface area contributed by atoms with Crippen molar-refractivity contribution in [1.82, 2.24) is 19.4 Å². The first-order valence-corrected chi connectivity index (χ1v) is 8.56. The van der Waals surface area contributed by atoms with Gasteiger partial charge in [-0.1, -0.05) is 12.1 Å². The molecule has 0 spiro atoms. The summed E-state index contributed by atoms with van der Waals surface area (Å²) >= 11 is 0. The van der Waals surface area contributed by atoms with Gasteiger partial charge in [0, 0.05) is 37.4 Å². The number of aliphatic imine (C=N–C) groups is 1. The lowest BCUT2D eigenvalue weighted by atomic mass is 10.2. The Hall–Kier alpha value is -3.13. The summed E-state index contributed by atoms with van der Waals surface area (Å²) in [4.78, 5) is 25.8. The van der Waals surface area contributed by atoms with Crippen LogP contribution < -0.4 is 17.2 Å². The van der Waals surface area contributed by atoms with E-state index in [0.29, 0.717) is 5.65 Å². The number of nitrogens with one attached hydrogen (secondary N) is 1. The van der Waals surface area contributed by atoms with E-state index in [1.807, 2.05) is 30.3 Å². The van der Waals surface area contributed by atoms with Crippen molar-refractivity contribution in [2.45, 2.75) is 19.0 Å². The fraction of sp³-hybridized carbons (Fsp3) is 0.278. The zero-order valence-corrected chi connectivity index (χ0v) is 14.3. The summed E-state index contributed by atoms with van der Waals surface area (Å²) in [5, 5.41) is 0.900. The Morgan fingerprint density at radius 2 is 2.08 bits per heavy atom. The summed E-state index contributed by atoms with van der Waals surface area (Å²) in [6.45, 7) is 2.66. The van der Waals surface area contributed by atoms with Gasteiger partial charge in [0.1, 0.15) is 5.65 Å². The fourth-order valence-corrected chi connectivity index (χ4v) is 3.39. The van der Waals surface area contributed by atoms with Crippen LogP contribution in [0.15, 0.2) is 52.5 Å². The highest BCUT2D eigenvalue weighted by Crippen LogP contribution is 2.17. The highest BCUT2D eigenvalue weighted by molar-refractivity contribution is 5.76. The number of aromatic nitrogens is 3. The zero-order chi connectivity index (χ0) is 18.1. The standard InChI is InChI=1S/C18H21N7O/c19-17(20)22-14-6-8-24(11-14)9-12-1-3-15(4-2-12)25-10-13-5-7-21-16(13)23-18(25)26/h1-5,7,10,14H,6,8-9,11H2,(H4,19,20,22)(H,21,23,26)/t14-/m1/s1. The first-order chi connectivity index (χ1) is 12.6. The second-order valence-corrected chi connectivity index (χ2v) is 6.57. The normalized spacial score (nSPS) is 17.6. The topological polar surface area (TPSA) is 118 Å². The molecule has 1 atom stereocenters. The first kappa shape index (κ1) is 16.3. The highest BCUT2D eigenvalue weighted by Gasteiger charge is 2.21. The largest absolute Gasteiger partial charge is 0.370 e. The number of rotatable bonds is 4. The molecule has 1 saturated heterocycles. The van der Waals surface area contributed by atoms with Crippen LogP contribution in [0.25, 0.3) is 16.7 Å². The van der Waals surface area contributed by atoms with E-state index in [4.69, 9.17) is 11.5 Å². The lowest BCUT2D eigenvalue weighted by Gasteiger charge is -2.15. The number of guanidine groups is 1. The van der Waals surface area contributed by atoms with Gasteiger partial charge in [0.2, 0.25) is 0 Å². The van der Waals surface area contributed by atoms with Gasteiger partial charge < -0.3 is 16.5 Å². The van der Waals surface area contributed by atoms with Crippen molar-refractivity contribution < 1.29 is 0 Å². The SMILES string of the molecule is NC(N)=N[C@@H]1CCN(Cc2ccc(-n3cc4cc[nH]c4nc3=O)cc2)C1. The number of benzene rings is 1. The average molecular weight is 351 g/mol. The molecule has 8 heteroatoms. The molecule has 4 rings (SSSR count). The van der Waals surface area contributed by atoms with Gasteiger partial charge in [-0.2, -0.15) is 4.98 Å². The second-order valence-electron chi connectivity index (χ2n) is 6.57. The molecule has 1 aliphatic heterocycles. The minimum absolute atomic E-state index is 0.152. The van der Waals surface area contributed by atoms with Gasteiger partial charge in [0.15, 0.2) is 5.96 Å². The molecular formula is C18H21N7O. The van der Waals surface area contributed by atoms with Crippen molar-refractivity contribution >= 4 is 17.0 Å². The van der Waals surface area contributed by atoms with Crippen LogP contribution in [-0.4, -0.2) is 44.5 Å². The smallest absolute Gasteiger partial charge is 0.354 e. The number of aromatic amines is 1. The number of hydrogen-bond donors (Lipinski definition) is 3. The third-order valence-corrected chi connectivity index (χ3v) is 4.64. The number of nitrogens with zero attached hydrogens (tertiary/aromatic N) is 4. The van der Waals surface area contributed by atoms with Crippen LogP contribution >= 0.6 is 0 Å². The Labute approximate surface area is 150 Å². The molecule has 2 aromatic heterocycles. The molecule has 3 heterocycles. The zero-order valence-electron chi connectivity index (χ0n) is 14.3. The number of fused-ring (bicyclic) bond motifs is 1. The lowest BCUT2D eigenvalue weighted by Crippen LogP contribution is -2.27.